The summed E-state index contributed by atoms with van der Waals surface area (Å²) in [5.74, 6) is -0.734. The van der Waals surface area contributed by atoms with Crippen molar-refractivity contribution in [1.82, 2.24) is 0 Å². The van der Waals surface area contributed by atoms with Crippen LogP contribution in [0.25, 0.3) is 0 Å². The van der Waals surface area contributed by atoms with Crippen molar-refractivity contribution in [2.45, 2.75) is 25.6 Å². The summed E-state index contributed by atoms with van der Waals surface area (Å²) in [4.78, 5) is 23.3. The Labute approximate surface area is 103 Å². The second kappa shape index (κ2) is 3.82. The van der Waals surface area contributed by atoms with E-state index in [0.29, 0.717) is 16.3 Å². The molecule has 0 amide bonds. The number of aliphatic hydroxyl groups excluding tert-OH is 1. The number of hydrogen-bond acceptors (Lipinski definition) is 4. The van der Waals surface area contributed by atoms with Gasteiger partial charge in [-0.05, 0) is 32.0 Å². The summed E-state index contributed by atoms with van der Waals surface area (Å²) in [6.45, 7) is 2.44. The maximum Gasteiger partial charge on any atom is 0.253 e. The molecule has 1 aliphatic rings. The van der Waals surface area contributed by atoms with Crippen LogP contribution >= 0.6 is 11.6 Å². The number of halogens is 1. The first kappa shape index (κ1) is 12.1. The van der Waals surface area contributed by atoms with Gasteiger partial charge in [-0.2, -0.15) is 0 Å². The van der Waals surface area contributed by atoms with E-state index in [1.165, 1.54) is 26.0 Å². The highest BCUT2D eigenvalue weighted by molar-refractivity contribution is 6.30. The molecule has 1 unspecified atom stereocenters. The molecule has 0 saturated heterocycles. The molecule has 1 heterocycles. The Kier molecular flexibility index (Phi) is 2.72. The number of aliphatic hydroxyl groups is 1. The smallest absolute Gasteiger partial charge is 0.253 e. The maximum absolute atomic E-state index is 11.6. The third-order valence-corrected chi connectivity index (χ3v) is 3.20. The maximum atomic E-state index is 11.6. The molecule has 0 fully saturated rings. The zero-order chi connectivity index (χ0) is 12.8. The Morgan fingerprint density at radius 3 is 2.47 bits per heavy atom. The van der Waals surface area contributed by atoms with Crippen LogP contribution in [0.2, 0.25) is 5.02 Å². The van der Waals surface area contributed by atoms with Gasteiger partial charge in [0.2, 0.25) is 0 Å². The molecular weight excluding hydrogens is 244 g/mol. The SMILES string of the molecule is CC(=O)C1(C(C)=O)Oc2ccc(Cl)cc2C1O. The van der Waals surface area contributed by atoms with Crippen molar-refractivity contribution in [3.05, 3.63) is 28.8 Å². The van der Waals surface area contributed by atoms with Crippen molar-refractivity contribution in [3.63, 3.8) is 0 Å². The number of ketones is 2. The van der Waals surface area contributed by atoms with Crippen LogP contribution in [0.5, 0.6) is 5.75 Å². The molecule has 0 aliphatic carbocycles. The molecule has 17 heavy (non-hydrogen) atoms. The Hall–Kier alpha value is -1.39. The molecule has 2 rings (SSSR count). The van der Waals surface area contributed by atoms with E-state index in [4.69, 9.17) is 16.3 Å². The number of ether oxygens (including phenoxy) is 1. The number of carbonyl (C=O) groups is 2. The number of Topliss-reactive ketones (excluding diaryl/α,β-unsaturated/α-hetero) is 2. The summed E-state index contributed by atoms with van der Waals surface area (Å²) in [6.07, 6.45) is -1.31. The average molecular weight is 255 g/mol. The summed E-state index contributed by atoms with van der Waals surface area (Å²) in [5.41, 5.74) is -1.46. The Morgan fingerprint density at radius 2 is 1.94 bits per heavy atom. The summed E-state index contributed by atoms with van der Waals surface area (Å²) >= 11 is 5.80. The van der Waals surface area contributed by atoms with Crippen molar-refractivity contribution >= 4 is 23.2 Å². The molecule has 1 aromatic carbocycles. The first-order valence-corrected chi connectivity index (χ1v) is 5.46. The number of carbonyl (C=O) groups excluding carboxylic acids is 2. The van der Waals surface area contributed by atoms with E-state index in [1.807, 2.05) is 0 Å². The summed E-state index contributed by atoms with van der Waals surface area (Å²) in [7, 11) is 0. The van der Waals surface area contributed by atoms with E-state index >= 15 is 0 Å². The van der Waals surface area contributed by atoms with E-state index in [1.54, 1.807) is 6.07 Å². The van der Waals surface area contributed by atoms with Crippen LogP contribution < -0.4 is 4.74 Å². The van der Waals surface area contributed by atoms with Gasteiger partial charge in [0, 0.05) is 10.6 Å². The number of benzene rings is 1. The van der Waals surface area contributed by atoms with Gasteiger partial charge in [0.1, 0.15) is 11.9 Å². The number of fused-ring (bicyclic) bond motifs is 1. The second-order valence-corrected chi connectivity index (χ2v) is 4.47. The fourth-order valence-electron chi connectivity index (χ4n) is 2.05. The van der Waals surface area contributed by atoms with Crippen molar-refractivity contribution in [2.24, 2.45) is 0 Å². The quantitative estimate of drug-likeness (QED) is 0.816. The van der Waals surface area contributed by atoms with Crippen LogP contribution in [-0.4, -0.2) is 22.3 Å². The first-order chi connectivity index (χ1) is 7.89. The normalized spacial score (nSPS) is 20.6. The van der Waals surface area contributed by atoms with Crippen LogP contribution in [-0.2, 0) is 9.59 Å². The molecule has 0 radical (unpaired) electrons. The summed E-state index contributed by atoms with van der Waals surface area (Å²) in [6, 6.07) is 4.60. The van der Waals surface area contributed by atoms with Crippen LogP contribution in [0.4, 0.5) is 0 Å². The van der Waals surface area contributed by atoms with Crippen molar-refractivity contribution in [1.29, 1.82) is 0 Å². The van der Waals surface area contributed by atoms with Crippen molar-refractivity contribution in [2.75, 3.05) is 0 Å². The van der Waals surface area contributed by atoms with E-state index < -0.39 is 23.3 Å². The predicted molar refractivity (Wildman–Crippen MR) is 61.1 cm³/mol. The Morgan fingerprint density at radius 1 is 1.35 bits per heavy atom. The van der Waals surface area contributed by atoms with E-state index in [0.717, 1.165) is 0 Å². The van der Waals surface area contributed by atoms with Gasteiger partial charge in [-0.3, -0.25) is 9.59 Å². The third kappa shape index (κ3) is 1.56. The molecule has 0 spiro atoms. The van der Waals surface area contributed by atoms with Gasteiger partial charge in [0.15, 0.2) is 11.6 Å². The van der Waals surface area contributed by atoms with Gasteiger partial charge in [-0.25, -0.2) is 0 Å². The minimum Gasteiger partial charge on any atom is -0.468 e. The summed E-state index contributed by atoms with van der Waals surface area (Å²) in [5, 5.41) is 10.5. The first-order valence-electron chi connectivity index (χ1n) is 5.08. The monoisotopic (exact) mass is 254 g/mol. The fraction of sp³-hybridized carbons (Fsp3) is 0.333. The van der Waals surface area contributed by atoms with E-state index in [9.17, 15) is 14.7 Å². The lowest BCUT2D eigenvalue weighted by molar-refractivity contribution is -0.152. The molecule has 1 atom stereocenters. The predicted octanol–water partition coefficient (Wildman–Crippen LogP) is 1.68. The highest BCUT2D eigenvalue weighted by atomic mass is 35.5. The molecule has 5 heteroatoms. The van der Waals surface area contributed by atoms with Gasteiger partial charge in [-0.15, -0.1) is 0 Å². The minimum atomic E-state index is -1.83. The number of rotatable bonds is 2. The highest BCUT2D eigenvalue weighted by Gasteiger charge is 2.55. The third-order valence-electron chi connectivity index (χ3n) is 2.97. The molecule has 1 N–H and O–H groups in total. The van der Waals surface area contributed by atoms with Gasteiger partial charge in [0.05, 0.1) is 0 Å². The highest BCUT2D eigenvalue weighted by Crippen LogP contribution is 2.45. The molecule has 90 valence electrons. The topological polar surface area (TPSA) is 63.6 Å². The number of hydrogen-bond donors (Lipinski definition) is 1. The van der Waals surface area contributed by atoms with E-state index in [2.05, 4.69) is 0 Å². The van der Waals surface area contributed by atoms with Crippen LogP contribution in [0.3, 0.4) is 0 Å². The van der Waals surface area contributed by atoms with Crippen LogP contribution in [0.15, 0.2) is 18.2 Å². The Balaban J connectivity index is 2.59. The molecule has 1 aromatic rings. The molecule has 0 saturated carbocycles. The van der Waals surface area contributed by atoms with Gasteiger partial charge in [0.25, 0.3) is 5.60 Å². The lowest BCUT2D eigenvalue weighted by Gasteiger charge is -2.26. The van der Waals surface area contributed by atoms with Gasteiger partial charge in [-0.1, -0.05) is 11.6 Å². The second-order valence-electron chi connectivity index (χ2n) is 4.03. The molecule has 0 bridgehead atoms. The summed E-state index contributed by atoms with van der Waals surface area (Å²) < 4.78 is 5.38. The van der Waals surface area contributed by atoms with Crippen molar-refractivity contribution < 1.29 is 19.4 Å². The lowest BCUT2D eigenvalue weighted by Crippen LogP contribution is -2.51. The van der Waals surface area contributed by atoms with Gasteiger partial charge < -0.3 is 9.84 Å². The minimum absolute atomic E-state index is 0.312. The molecule has 4 nitrogen and oxygen atoms in total. The molecule has 0 aromatic heterocycles. The van der Waals surface area contributed by atoms with Crippen LogP contribution in [0.1, 0.15) is 25.5 Å². The average Bonchev–Trinajstić information content (AvgIpc) is 2.53. The zero-order valence-corrected chi connectivity index (χ0v) is 10.1. The van der Waals surface area contributed by atoms with Crippen LogP contribution in [0, 0.1) is 0 Å². The van der Waals surface area contributed by atoms with Gasteiger partial charge >= 0.3 is 0 Å². The fourth-order valence-corrected chi connectivity index (χ4v) is 2.23. The lowest BCUT2D eigenvalue weighted by atomic mass is 9.87. The van der Waals surface area contributed by atoms with Crippen molar-refractivity contribution in [3.8, 4) is 5.75 Å². The zero-order valence-electron chi connectivity index (χ0n) is 9.36. The Bertz CT molecular complexity index is 495. The van der Waals surface area contributed by atoms with E-state index in [-0.39, 0.29) is 0 Å². The molecular formula is C12H11ClO4. The molecule has 1 aliphatic heterocycles. The standard InChI is InChI=1S/C12H11ClO4/c1-6(14)12(7(2)15)11(16)9-5-8(13)3-4-10(9)17-12/h3-5,11,16H,1-2H3. The largest absolute Gasteiger partial charge is 0.468 e.